The summed E-state index contributed by atoms with van der Waals surface area (Å²) < 4.78 is 12.0. The third-order valence-corrected chi connectivity index (χ3v) is 5.67. The van der Waals surface area contributed by atoms with Crippen LogP contribution in [0.15, 0.2) is 97.1 Å². The van der Waals surface area contributed by atoms with E-state index in [1.165, 1.54) is 27.8 Å². The molecule has 0 bridgehead atoms. The highest BCUT2D eigenvalue weighted by Gasteiger charge is 2.29. The first-order valence-corrected chi connectivity index (χ1v) is 9.79. The Hall–Kier alpha value is -3.78. The lowest BCUT2D eigenvalue weighted by Crippen LogP contribution is -2.12. The van der Waals surface area contributed by atoms with Gasteiger partial charge in [0.1, 0.15) is 11.5 Å². The van der Waals surface area contributed by atoms with Gasteiger partial charge in [0, 0.05) is 16.7 Å². The molecule has 2 heteroatoms. The van der Waals surface area contributed by atoms with Crippen LogP contribution in [0.3, 0.4) is 0 Å². The molecule has 138 valence electrons. The summed E-state index contributed by atoms with van der Waals surface area (Å²) in [7, 11) is 0. The minimum Gasteiger partial charge on any atom is -0.457 e. The van der Waals surface area contributed by atoms with Crippen LogP contribution in [0.5, 0.6) is 11.5 Å². The highest BCUT2D eigenvalue weighted by Crippen LogP contribution is 2.51. The lowest BCUT2D eigenvalue weighted by Gasteiger charge is -2.23. The van der Waals surface area contributed by atoms with Gasteiger partial charge in [-0.1, -0.05) is 84.9 Å². The maximum atomic E-state index is 5.99. The quantitative estimate of drug-likeness (QED) is 0.312. The third-order valence-electron chi connectivity index (χ3n) is 5.67. The predicted octanol–water partition coefficient (Wildman–Crippen LogP) is 6.40. The van der Waals surface area contributed by atoms with Crippen molar-refractivity contribution < 1.29 is 9.47 Å². The van der Waals surface area contributed by atoms with Gasteiger partial charge in [0.2, 0.25) is 6.79 Å². The fourth-order valence-electron chi connectivity index (χ4n) is 4.46. The fraction of sp³-hybridized carbons (Fsp3) is 0.0370. The monoisotopic (exact) mass is 374 g/mol. The molecule has 2 nitrogen and oxygen atoms in total. The zero-order valence-electron chi connectivity index (χ0n) is 15.8. The smallest absolute Gasteiger partial charge is 0.230 e. The van der Waals surface area contributed by atoms with Crippen LogP contribution < -0.4 is 9.47 Å². The van der Waals surface area contributed by atoms with Gasteiger partial charge < -0.3 is 9.47 Å². The first kappa shape index (κ1) is 16.2. The lowest BCUT2D eigenvalue weighted by molar-refractivity contribution is 0.118. The molecule has 0 radical (unpaired) electrons. The van der Waals surface area contributed by atoms with Gasteiger partial charge in [-0.2, -0.15) is 0 Å². The summed E-state index contributed by atoms with van der Waals surface area (Å²) in [5.41, 5.74) is 9.57. The van der Waals surface area contributed by atoms with E-state index < -0.39 is 0 Å². The Bertz CT molecular complexity index is 1190. The van der Waals surface area contributed by atoms with Crippen LogP contribution in [0, 0.1) is 0 Å². The molecule has 1 aliphatic heterocycles. The van der Waals surface area contributed by atoms with E-state index in [1.807, 2.05) is 24.3 Å². The van der Waals surface area contributed by atoms with Gasteiger partial charge in [0.15, 0.2) is 0 Å². The Morgan fingerprint density at radius 3 is 1.21 bits per heavy atom. The van der Waals surface area contributed by atoms with Crippen LogP contribution in [0.4, 0.5) is 0 Å². The average Bonchev–Trinajstić information content (AvgIpc) is 3.09. The Balaban J connectivity index is 1.80. The van der Waals surface area contributed by atoms with Gasteiger partial charge in [-0.25, -0.2) is 0 Å². The molecule has 29 heavy (non-hydrogen) atoms. The van der Waals surface area contributed by atoms with Crippen LogP contribution in [-0.2, 0) is 0 Å². The van der Waals surface area contributed by atoms with Gasteiger partial charge >= 0.3 is 0 Å². The summed E-state index contributed by atoms with van der Waals surface area (Å²) in [6.45, 7) is 0.198. The molecule has 0 saturated heterocycles. The molecule has 2 aliphatic rings. The minimum atomic E-state index is 0.198. The molecular formula is C27H18O2. The van der Waals surface area contributed by atoms with Crippen molar-refractivity contribution in [2.24, 2.45) is 0 Å². The second-order valence-electron chi connectivity index (χ2n) is 7.24. The van der Waals surface area contributed by atoms with Gasteiger partial charge in [-0.15, -0.1) is 0 Å². The van der Waals surface area contributed by atoms with Crippen LogP contribution in [-0.4, -0.2) is 6.79 Å². The molecule has 0 N–H and O–H groups in total. The Morgan fingerprint density at radius 2 is 0.724 bits per heavy atom. The summed E-state index contributed by atoms with van der Waals surface area (Å²) in [4.78, 5) is 0. The van der Waals surface area contributed by atoms with E-state index in [9.17, 15) is 0 Å². The predicted molar refractivity (Wildman–Crippen MR) is 116 cm³/mol. The molecule has 1 aliphatic carbocycles. The van der Waals surface area contributed by atoms with Gasteiger partial charge in [-0.3, -0.25) is 0 Å². The van der Waals surface area contributed by atoms with Crippen LogP contribution >= 0.6 is 0 Å². The molecule has 0 aromatic heterocycles. The number of fused-ring (bicyclic) bond motifs is 5. The van der Waals surface area contributed by atoms with Gasteiger partial charge in [0.25, 0.3) is 0 Å². The molecule has 0 amide bonds. The molecule has 0 saturated carbocycles. The molecular weight excluding hydrogens is 356 g/mol. The van der Waals surface area contributed by atoms with Crippen LogP contribution in [0.1, 0.15) is 22.3 Å². The number of hydrogen-bond donors (Lipinski definition) is 0. The summed E-state index contributed by atoms with van der Waals surface area (Å²) in [5.74, 6) is 1.68. The second-order valence-corrected chi connectivity index (χ2v) is 7.24. The van der Waals surface area contributed by atoms with E-state index in [1.54, 1.807) is 0 Å². The molecule has 4 aromatic rings. The van der Waals surface area contributed by atoms with Crippen molar-refractivity contribution in [1.29, 1.82) is 0 Å². The Kier molecular flexibility index (Phi) is 3.57. The Morgan fingerprint density at radius 1 is 0.379 bits per heavy atom. The molecule has 6 rings (SSSR count). The summed E-state index contributed by atoms with van der Waals surface area (Å²) in [6, 6.07) is 33.7. The Labute approximate surface area is 169 Å². The van der Waals surface area contributed by atoms with E-state index in [4.69, 9.17) is 9.47 Å². The topological polar surface area (TPSA) is 18.5 Å². The number of hydrogen-bond acceptors (Lipinski definition) is 2. The number of rotatable bonds is 0. The normalized spacial score (nSPS) is 13.8. The van der Waals surface area contributed by atoms with Crippen molar-refractivity contribution in [2.45, 2.75) is 0 Å². The first-order chi connectivity index (χ1) is 14.4. The minimum absolute atomic E-state index is 0.198. The van der Waals surface area contributed by atoms with Crippen LogP contribution in [0.25, 0.3) is 22.3 Å². The second kappa shape index (κ2) is 6.39. The molecule has 0 atom stereocenters. The molecule has 0 unspecified atom stereocenters. The molecule has 1 heterocycles. The zero-order valence-corrected chi connectivity index (χ0v) is 15.8. The summed E-state index contributed by atoms with van der Waals surface area (Å²) in [6.07, 6.45) is 0. The van der Waals surface area contributed by atoms with Crippen molar-refractivity contribution >= 4 is 11.1 Å². The number of para-hydroxylation sites is 2. The van der Waals surface area contributed by atoms with Crippen LogP contribution in [0.2, 0.25) is 0 Å². The van der Waals surface area contributed by atoms with Crippen molar-refractivity contribution in [3.8, 4) is 22.6 Å². The maximum Gasteiger partial charge on any atom is 0.230 e. The van der Waals surface area contributed by atoms with Crippen molar-refractivity contribution in [1.82, 2.24) is 0 Å². The van der Waals surface area contributed by atoms with E-state index in [-0.39, 0.29) is 6.79 Å². The number of benzene rings is 4. The number of ether oxygens (including phenoxy) is 2. The summed E-state index contributed by atoms with van der Waals surface area (Å²) in [5, 5.41) is 0. The van der Waals surface area contributed by atoms with Crippen molar-refractivity contribution in [3.63, 3.8) is 0 Å². The fourth-order valence-corrected chi connectivity index (χ4v) is 4.46. The van der Waals surface area contributed by atoms with Gasteiger partial charge in [-0.05, 0) is 40.0 Å². The van der Waals surface area contributed by atoms with E-state index in [0.717, 1.165) is 28.2 Å². The van der Waals surface area contributed by atoms with Gasteiger partial charge in [0.05, 0.1) is 0 Å². The zero-order chi connectivity index (χ0) is 19.2. The lowest BCUT2D eigenvalue weighted by atomic mass is 9.87. The first-order valence-electron chi connectivity index (χ1n) is 9.79. The highest BCUT2D eigenvalue weighted by atomic mass is 16.7. The third kappa shape index (κ3) is 2.43. The summed E-state index contributed by atoms with van der Waals surface area (Å²) >= 11 is 0. The van der Waals surface area contributed by atoms with Crippen molar-refractivity contribution in [3.05, 3.63) is 119 Å². The average molecular weight is 374 g/mol. The highest BCUT2D eigenvalue weighted by molar-refractivity contribution is 6.14. The largest absolute Gasteiger partial charge is 0.457 e. The standard InChI is InChI=1S/C27H18O2/c1-3-11-20-18(9-1)19-10-2-4-12-21(19)26(20)27-22-13-5-7-15-24(22)28-17-29-25-16-8-6-14-23(25)27/h1-16H,17H2. The van der Waals surface area contributed by atoms with E-state index >= 15 is 0 Å². The SMILES string of the molecule is c1ccc2c(c1)OCOc1ccccc1C2=C1c2ccccc2-c2ccccc21. The van der Waals surface area contributed by atoms with Crippen molar-refractivity contribution in [2.75, 3.05) is 6.79 Å². The molecule has 0 fully saturated rings. The molecule has 4 aromatic carbocycles. The molecule has 0 spiro atoms. The van der Waals surface area contributed by atoms with E-state index in [2.05, 4.69) is 72.8 Å². The van der Waals surface area contributed by atoms with E-state index in [0.29, 0.717) is 0 Å². The maximum absolute atomic E-state index is 5.99.